The topological polar surface area (TPSA) is 363 Å². The first-order chi connectivity index (χ1) is 18.0. The zero-order chi connectivity index (χ0) is 30.8. The van der Waals surface area contributed by atoms with Gasteiger partial charge in [-0.05, 0) is 0 Å². The van der Waals surface area contributed by atoms with E-state index in [0.29, 0.717) is 0 Å². The van der Waals surface area contributed by atoms with E-state index in [-0.39, 0.29) is 0 Å². The van der Waals surface area contributed by atoms with Crippen LogP contribution in [-0.4, -0.2) is 149 Å². The van der Waals surface area contributed by atoms with Crippen LogP contribution >= 0.6 is 0 Å². The van der Waals surface area contributed by atoms with Crippen LogP contribution in [0.25, 0.3) is 0 Å². The van der Waals surface area contributed by atoms with Gasteiger partial charge in [0.05, 0.1) is 13.2 Å². The summed E-state index contributed by atoms with van der Waals surface area (Å²) in [6.45, 7) is -2.61. The maximum Gasteiger partial charge on any atom is 0.218 e. The smallest absolute Gasteiger partial charge is 0.218 e. The fraction of sp³-hybridized carbons (Fsp3) is 1.00. The predicted octanol–water partition coefficient (Wildman–Crippen LogP) is -6.81. The Morgan fingerprint density at radius 3 is 1.57 bits per heavy atom. The SMILES string of the molecule is CO[C@@H]1O[C@H](COS(=O)(=O)[O-])[C@@H](O[C@H]2O[C@H](CO)[C@H](O)[C@H](O)[C@H]2OS(=O)(=O)[O-])[C@H](OS(=O)(=O)[O-])[C@H]1OS(=O)(=O)[O-]. The molecular formula is C13H20O23S4-4. The molecule has 2 fully saturated rings. The normalized spacial score (nSPS) is 36.4. The molecule has 27 heteroatoms. The summed E-state index contributed by atoms with van der Waals surface area (Å²) in [4.78, 5) is 0. The molecule has 0 unspecified atom stereocenters. The molecule has 0 amide bonds. The minimum Gasteiger partial charge on any atom is -0.726 e. The number of hydrogen-bond donors (Lipinski definition) is 3. The number of methoxy groups -OCH3 is 1. The maximum absolute atomic E-state index is 11.5. The molecule has 2 aliphatic rings. The molecule has 10 atom stereocenters. The average Bonchev–Trinajstić information content (AvgIpc) is 2.76. The first kappa shape index (κ1) is 35.4. The van der Waals surface area contributed by atoms with E-state index in [0.717, 1.165) is 7.11 Å². The first-order valence-electron chi connectivity index (χ1n) is 10.0. The van der Waals surface area contributed by atoms with E-state index in [1.165, 1.54) is 0 Å². The quantitative estimate of drug-likeness (QED) is 0.121. The van der Waals surface area contributed by atoms with E-state index in [4.69, 9.17) is 18.9 Å². The Balaban J connectivity index is 2.66. The highest BCUT2D eigenvalue weighted by Gasteiger charge is 2.55. The average molecular weight is 673 g/mol. The molecule has 40 heavy (non-hydrogen) atoms. The summed E-state index contributed by atoms with van der Waals surface area (Å²) in [5, 5.41) is 29.6. The molecule has 2 saturated heterocycles. The molecule has 0 aromatic carbocycles. The summed E-state index contributed by atoms with van der Waals surface area (Å²) >= 11 is 0. The number of ether oxygens (including phenoxy) is 4. The van der Waals surface area contributed by atoms with E-state index >= 15 is 0 Å². The lowest BCUT2D eigenvalue weighted by Crippen LogP contribution is -2.66. The monoisotopic (exact) mass is 672 g/mol. The zero-order valence-electron chi connectivity index (χ0n) is 19.3. The van der Waals surface area contributed by atoms with Crippen molar-refractivity contribution in [2.24, 2.45) is 0 Å². The van der Waals surface area contributed by atoms with Gasteiger partial charge in [0.2, 0.25) is 41.6 Å². The molecular weight excluding hydrogens is 652 g/mol. The molecule has 2 heterocycles. The van der Waals surface area contributed by atoms with Crippen molar-refractivity contribution in [3.05, 3.63) is 0 Å². The van der Waals surface area contributed by atoms with Crippen LogP contribution in [0.2, 0.25) is 0 Å². The Hall–Kier alpha value is -0.800. The second-order valence-electron chi connectivity index (χ2n) is 7.69. The maximum atomic E-state index is 11.5. The molecule has 238 valence electrons. The molecule has 3 N–H and O–H groups in total. The van der Waals surface area contributed by atoms with Crippen molar-refractivity contribution in [3.63, 3.8) is 0 Å². The zero-order valence-corrected chi connectivity index (χ0v) is 22.6. The van der Waals surface area contributed by atoms with Gasteiger partial charge >= 0.3 is 0 Å². The Morgan fingerprint density at radius 2 is 1.12 bits per heavy atom. The van der Waals surface area contributed by atoms with Gasteiger partial charge in [-0.15, -0.1) is 0 Å². The van der Waals surface area contributed by atoms with Crippen molar-refractivity contribution in [2.45, 2.75) is 61.4 Å². The lowest BCUT2D eigenvalue weighted by molar-refractivity contribution is -0.349. The second kappa shape index (κ2) is 13.2. The Labute approximate surface area is 226 Å². The van der Waals surface area contributed by atoms with Gasteiger partial charge in [-0.3, -0.25) is 16.7 Å². The van der Waals surface area contributed by atoms with Gasteiger partial charge in [-0.25, -0.2) is 33.7 Å². The standard InChI is InChI=1S/C13H24O23S4/c1-29-12-11(36-40(26,27)28)10(35-39(23,24)25)8(5(32-12)3-30-37(17,18)19)33-13-9(34-38(20,21)22)7(16)6(15)4(2-14)31-13/h4-16H,2-3H2,1H3,(H,17,18,19)(H,20,21,22)(H,23,24,25)(H,26,27,28)/p-4/t4-,5-,6+,7+,8-,9-,10+,11-,12-,13-/m1/s1. The molecule has 2 rings (SSSR count). The van der Waals surface area contributed by atoms with Crippen LogP contribution in [0.5, 0.6) is 0 Å². The molecule has 0 bridgehead atoms. The van der Waals surface area contributed by atoms with E-state index in [1.807, 2.05) is 0 Å². The summed E-state index contributed by atoms with van der Waals surface area (Å²) in [5.74, 6) is 0. The van der Waals surface area contributed by atoms with Crippen LogP contribution in [0.4, 0.5) is 0 Å². The van der Waals surface area contributed by atoms with Gasteiger partial charge in [0.1, 0.15) is 36.6 Å². The molecule has 0 aromatic heterocycles. The van der Waals surface area contributed by atoms with Crippen molar-refractivity contribution in [2.75, 3.05) is 20.3 Å². The highest BCUT2D eigenvalue weighted by molar-refractivity contribution is 7.81. The summed E-state index contributed by atoms with van der Waals surface area (Å²) in [6, 6.07) is 0. The fourth-order valence-corrected chi connectivity index (χ4v) is 5.30. The Morgan fingerprint density at radius 1 is 0.650 bits per heavy atom. The summed E-state index contributed by atoms with van der Waals surface area (Å²) < 4.78 is 171. The first-order valence-corrected chi connectivity index (χ1v) is 15.4. The molecule has 0 radical (unpaired) electrons. The largest absolute Gasteiger partial charge is 0.726 e. The number of rotatable bonds is 13. The fourth-order valence-electron chi connectivity index (χ4n) is 3.56. The van der Waals surface area contributed by atoms with Crippen LogP contribution in [0.1, 0.15) is 0 Å². The van der Waals surface area contributed by atoms with Gasteiger partial charge < -0.3 is 52.5 Å². The van der Waals surface area contributed by atoms with Crippen molar-refractivity contribution >= 4 is 41.6 Å². The molecule has 0 aromatic rings. The third-order valence-electron chi connectivity index (χ3n) is 5.00. The van der Waals surface area contributed by atoms with Crippen LogP contribution in [0.3, 0.4) is 0 Å². The molecule has 2 aliphatic heterocycles. The highest BCUT2D eigenvalue weighted by atomic mass is 32.3. The summed E-state index contributed by atoms with van der Waals surface area (Å²) in [7, 11) is -22.4. The second-order valence-corrected chi connectivity index (χ2v) is 11.8. The van der Waals surface area contributed by atoms with Crippen molar-refractivity contribution in [1.29, 1.82) is 0 Å². The van der Waals surface area contributed by atoms with E-state index in [2.05, 4.69) is 16.7 Å². The van der Waals surface area contributed by atoms with Gasteiger partial charge in [0.15, 0.2) is 24.8 Å². The Bertz CT molecular complexity index is 1280. The van der Waals surface area contributed by atoms with Crippen molar-refractivity contribution < 1.29 is 103 Å². The van der Waals surface area contributed by atoms with E-state index in [9.17, 15) is 67.2 Å². The minimum atomic E-state index is -5.95. The number of hydrogen-bond acceptors (Lipinski definition) is 23. The lowest BCUT2D eigenvalue weighted by atomic mass is 9.97. The van der Waals surface area contributed by atoms with Crippen molar-refractivity contribution in [1.82, 2.24) is 0 Å². The molecule has 0 spiro atoms. The number of aliphatic hydroxyl groups is 3. The lowest BCUT2D eigenvalue weighted by Gasteiger charge is -2.48. The number of aliphatic hydroxyl groups excluding tert-OH is 3. The van der Waals surface area contributed by atoms with Gasteiger partial charge in [-0.2, -0.15) is 0 Å². The third kappa shape index (κ3) is 10.5. The van der Waals surface area contributed by atoms with E-state index < -0.39 is 116 Å². The van der Waals surface area contributed by atoms with E-state index in [1.54, 1.807) is 0 Å². The molecule has 0 saturated carbocycles. The Kier molecular flexibility index (Phi) is 11.7. The third-order valence-corrected chi connectivity index (χ3v) is 6.80. The van der Waals surface area contributed by atoms with Crippen LogP contribution in [-0.2, 0) is 77.3 Å². The van der Waals surface area contributed by atoms with Crippen LogP contribution in [0, 0.1) is 0 Å². The van der Waals surface area contributed by atoms with Crippen LogP contribution in [0.15, 0.2) is 0 Å². The summed E-state index contributed by atoms with van der Waals surface area (Å²) in [6.07, 6.45) is -23.9. The summed E-state index contributed by atoms with van der Waals surface area (Å²) in [5.41, 5.74) is 0. The van der Waals surface area contributed by atoms with Crippen molar-refractivity contribution in [3.8, 4) is 0 Å². The van der Waals surface area contributed by atoms with Gasteiger partial charge in [-0.1, -0.05) is 0 Å². The van der Waals surface area contributed by atoms with Crippen LogP contribution < -0.4 is 0 Å². The van der Waals surface area contributed by atoms with Gasteiger partial charge in [0, 0.05) is 7.11 Å². The minimum absolute atomic E-state index is 0.738. The predicted molar refractivity (Wildman–Crippen MR) is 108 cm³/mol. The highest BCUT2D eigenvalue weighted by Crippen LogP contribution is 2.34. The molecule has 0 aliphatic carbocycles. The molecule has 23 nitrogen and oxygen atoms in total. The van der Waals surface area contributed by atoms with Gasteiger partial charge in [0.25, 0.3) is 0 Å².